The fourth-order valence-electron chi connectivity index (χ4n) is 3.79. The van der Waals surface area contributed by atoms with Crippen LogP contribution in [-0.2, 0) is 25.6 Å². The molecule has 0 radical (unpaired) electrons. The van der Waals surface area contributed by atoms with Gasteiger partial charge in [0, 0.05) is 6.42 Å². The average Bonchev–Trinajstić information content (AvgIpc) is 3.35. The zero-order valence-electron chi connectivity index (χ0n) is 20.0. The molecule has 9 nitrogen and oxygen atoms in total. The van der Waals surface area contributed by atoms with Crippen LogP contribution in [0.15, 0.2) is 30.3 Å². The summed E-state index contributed by atoms with van der Waals surface area (Å²) in [6, 6.07) is 5.85. The Labute approximate surface area is 205 Å². The smallest absolute Gasteiger partial charge is 0.326 e. The van der Waals surface area contributed by atoms with Gasteiger partial charge in [-0.25, -0.2) is 4.79 Å². The highest BCUT2D eigenvalue weighted by atomic mass is 32.2. The molecule has 1 heterocycles. The third kappa shape index (κ3) is 8.64. The van der Waals surface area contributed by atoms with E-state index in [1.165, 1.54) is 0 Å². The molecular formula is C24H36N4O5S. The number of carbonyl (C=O) groups excluding carboxylic acids is 3. The molecule has 10 heteroatoms. The maximum Gasteiger partial charge on any atom is 0.326 e. The highest BCUT2D eigenvalue weighted by Gasteiger charge is 2.32. The summed E-state index contributed by atoms with van der Waals surface area (Å²) in [5.74, 6) is -2.03. The number of carbonyl (C=O) groups is 4. The summed E-state index contributed by atoms with van der Waals surface area (Å²) in [5.41, 5.74) is 0.778. The number of nitrogens with one attached hydrogen (secondary N) is 4. The van der Waals surface area contributed by atoms with Crippen molar-refractivity contribution in [2.45, 2.75) is 63.7 Å². The number of carboxylic acid groups (broad SMARTS) is 1. The van der Waals surface area contributed by atoms with Gasteiger partial charge in [-0.2, -0.15) is 11.8 Å². The van der Waals surface area contributed by atoms with Crippen LogP contribution in [-0.4, -0.2) is 71.5 Å². The summed E-state index contributed by atoms with van der Waals surface area (Å²) in [6.45, 7) is 4.31. The minimum Gasteiger partial charge on any atom is -0.480 e. The minimum atomic E-state index is -1.15. The lowest BCUT2D eigenvalue weighted by atomic mass is 10.0. The molecule has 34 heavy (non-hydrogen) atoms. The van der Waals surface area contributed by atoms with Crippen molar-refractivity contribution in [1.29, 1.82) is 0 Å². The first-order valence-corrected chi connectivity index (χ1v) is 13.0. The number of rotatable bonds is 13. The van der Waals surface area contributed by atoms with Crippen LogP contribution in [0.4, 0.5) is 0 Å². The van der Waals surface area contributed by atoms with E-state index in [1.807, 2.05) is 12.3 Å². The van der Waals surface area contributed by atoms with E-state index >= 15 is 0 Å². The fourth-order valence-corrected chi connectivity index (χ4v) is 4.26. The predicted octanol–water partition coefficient (Wildman–Crippen LogP) is 0.929. The van der Waals surface area contributed by atoms with Gasteiger partial charge in [0.05, 0.1) is 6.04 Å². The number of aliphatic carboxylic acids is 1. The first-order chi connectivity index (χ1) is 16.2. The number of hydrogen-bond donors (Lipinski definition) is 5. The van der Waals surface area contributed by atoms with Crippen LogP contribution in [0, 0.1) is 5.92 Å². The van der Waals surface area contributed by atoms with E-state index in [0.29, 0.717) is 12.2 Å². The molecule has 0 aliphatic carbocycles. The number of benzene rings is 1. The minimum absolute atomic E-state index is 0.126. The van der Waals surface area contributed by atoms with Crippen molar-refractivity contribution < 1.29 is 24.3 Å². The predicted molar refractivity (Wildman–Crippen MR) is 132 cm³/mol. The van der Waals surface area contributed by atoms with Crippen molar-refractivity contribution in [1.82, 2.24) is 21.3 Å². The Kier molecular flexibility index (Phi) is 11.4. The van der Waals surface area contributed by atoms with E-state index < -0.39 is 35.9 Å². The van der Waals surface area contributed by atoms with Gasteiger partial charge in [-0.05, 0) is 49.3 Å². The fraction of sp³-hybridized carbons (Fsp3) is 0.583. The van der Waals surface area contributed by atoms with Gasteiger partial charge in [-0.3, -0.25) is 14.4 Å². The molecule has 1 aliphatic heterocycles. The summed E-state index contributed by atoms with van der Waals surface area (Å²) in [5, 5.41) is 20.9. The lowest BCUT2D eigenvalue weighted by Crippen LogP contribution is -2.58. The molecule has 4 atom stereocenters. The number of amides is 3. The van der Waals surface area contributed by atoms with Crippen LogP contribution in [0.1, 0.15) is 38.7 Å². The van der Waals surface area contributed by atoms with Crippen LogP contribution in [0.3, 0.4) is 0 Å². The van der Waals surface area contributed by atoms with Crippen molar-refractivity contribution in [2.75, 3.05) is 18.6 Å². The van der Waals surface area contributed by atoms with Gasteiger partial charge in [-0.15, -0.1) is 0 Å². The van der Waals surface area contributed by atoms with Crippen molar-refractivity contribution in [3.05, 3.63) is 35.9 Å². The van der Waals surface area contributed by atoms with Gasteiger partial charge in [0.2, 0.25) is 17.7 Å². The zero-order chi connectivity index (χ0) is 25.1. The van der Waals surface area contributed by atoms with Crippen molar-refractivity contribution >= 4 is 35.5 Å². The molecule has 0 aromatic heterocycles. The van der Waals surface area contributed by atoms with E-state index in [0.717, 1.165) is 24.9 Å². The van der Waals surface area contributed by atoms with Gasteiger partial charge in [0.25, 0.3) is 0 Å². The summed E-state index contributed by atoms with van der Waals surface area (Å²) >= 11 is 1.56. The second-order valence-corrected chi connectivity index (χ2v) is 9.80. The molecular weight excluding hydrogens is 456 g/mol. The Morgan fingerprint density at radius 3 is 2.32 bits per heavy atom. The Bertz CT molecular complexity index is 830. The lowest BCUT2D eigenvalue weighted by molar-refractivity contribution is -0.142. The molecule has 1 saturated heterocycles. The second-order valence-electron chi connectivity index (χ2n) is 8.81. The van der Waals surface area contributed by atoms with Gasteiger partial charge >= 0.3 is 5.97 Å². The number of carboxylic acids is 1. The van der Waals surface area contributed by atoms with Gasteiger partial charge in [0.1, 0.15) is 18.1 Å². The SMILES string of the molecule is CSCCC(NC(=O)C1CCCN1)C(=O)NC(C(=O)NC(Cc1ccccc1)C(=O)O)C(C)C. The molecule has 0 spiro atoms. The largest absolute Gasteiger partial charge is 0.480 e. The van der Waals surface area contributed by atoms with Gasteiger partial charge < -0.3 is 26.4 Å². The third-order valence-electron chi connectivity index (χ3n) is 5.76. The Balaban J connectivity index is 2.06. The standard InChI is InChI=1S/C24H36N4O5S/c1-15(2)20(23(31)27-19(24(32)33)14-16-8-5-4-6-9-16)28-22(30)18(11-13-34-3)26-21(29)17-10-7-12-25-17/h4-6,8-9,15,17-20,25H,7,10-14H2,1-3H3,(H,26,29)(H,27,31)(H,28,30)(H,32,33). The first kappa shape index (κ1) is 27.7. The van der Waals surface area contributed by atoms with Gasteiger partial charge in [0.15, 0.2) is 0 Å². The quantitative estimate of drug-likeness (QED) is 0.276. The third-order valence-corrected chi connectivity index (χ3v) is 6.41. The molecule has 0 saturated carbocycles. The normalized spacial score (nSPS) is 18.1. The topological polar surface area (TPSA) is 137 Å². The summed E-state index contributed by atoms with van der Waals surface area (Å²) < 4.78 is 0. The molecule has 5 N–H and O–H groups in total. The molecule has 3 amide bonds. The Morgan fingerprint density at radius 1 is 1.06 bits per heavy atom. The van der Waals surface area contributed by atoms with E-state index in [1.54, 1.807) is 49.9 Å². The monoisotopic (exact) mass is 492 g/mol. The lowest BCUT2D eigenvalue weighted by Gasteiger charge is -2.27. The van der Waals surface area contributed by atoms with Crippen molar-refractivity contribution in [2.24, 2.45) is 5.92 Å². The van der Waals surface area contributed by atoms with Crippen molar-refractivity contribution in [3.63, 3.8) is 0 Å². The first-order valence-electron chi connectivity index (χ1n) is 11.6. The van der Waals surface area contributed by atoms with E-state index in [9.17, 15) is 24.3 Å². The average molecular weight is 493 g/mol. The van der Waals surface area contributed by atoms with Crippen LogP contribution < -0.4 is 21.3 Å². The van der Waals surface area contributed by atoms with E-state index in [4.69, 9.17) is 0 Å². The van der Waals surface area contributed by atoms with Crippen molar-refractivity contribution in [3.8, 4) is 0 Å². The van der Waals surface area contributed by atoms with Crippen LogP contribution in [0.5, 0.6) is 0 Å². The molecule has 0 bridgehead atoms. The maximum atomic E-state index is 13.1. The van der Waals surface area contributed by atoms with E-state index in [-0.39, 0.29) is 24.3 Å². The van der Waals surface area contributed by atoms with Crippen LogP contribution in [0.25, 0.3) is 0 Å². The van der Waals surface area contributed by atoms with Crippen LogP contribution >= 0.6 is 11.8 Å². The number of hydrogen-bond acceptors (Lipinski definition) is 6. The van der Waals surface area contributed by atoms with E-state index in [2.05, 4.69) is 21.3 Å². The Hall–Kier alpha value is -2.59. The molecule has 1 aliphatic rings. The molecule has 188 valence electrons. The summed E-state index contributed by atoms with van der Waals surface area (Å²) in [7, 11) is 0. The highest BCUT2D eigenvalue weighted by molar-refractivity contribution is 7.98. The zero-order valence-corrected chi connectivity index (χ0v) is 20.8. The summed E-state index contributed by atoms with van der Waals surface area (Å²) in [4.78, 5) is 50.4. The molecule has 2 rings (SSSR count). The Morgan fingerprint density at radius 2 is 1.76 bits per heavy atom. The van der Waals surface area contributed by atoms with Gasteiger partial charge in [-0.1, -0.05) is 44.2 Å². The second kappa shape index (κ2) is 14.0. The molecule has 1 aromatic rings. The molecule has 4 unspecified atom stereocenters. The maximum absolute atomic E-state index is 13.1. The van der Waals surface area contributed by atoms with Crippen LogP contribution in [0.2, 0.25) is 0 Å². The molecule has 1 fully saturated rings. The highest BCUT2D eigenvalue weighted by Crippen LogP contribution is 2.10. The number of thioether (sulfide) groups is 1. The summed E-state index contributed by atoms with van der Waals surface area (Å²) in [6.07, 6.45) is 4.09. The molecule has 1 aromatic carbocycles.